The van der Waals surface area contributed by atoms with Gasteiger partial charge in [0.25, 0.3) is 5.91 Å². The largest absolute Gasteiger partial charge is 0.335 e. The van der Waals surface area contributed by atoms with E-state index in [1.54, 1.807) is 43.0 Å². The Labute approximate surface area is 185 Å². The van der Waals surface area contributed by atoms with Gasteiger partial charge in [0.15, 0.2) is 0 Å². The van der Waals surface area contributed by atoms with Crippen LogP contribution in [0, 0.1) is 5.92 Å². The molecule has 4 rings (SSSR count). The Bertz CT molecular complexity index is 1010. The molecule has 0 saturated carbocycles. The summed E-state index contributed by atoms with van der Waals surface area (Å²) in [6.07, 6.45) is 9.90. The minimum atomic E-state index is -0.0347. The molecule has 1 fully saturated rings. The summed E-state index contributed by atoms with van der Waals surface area (Å²) in [5, 5.41) is 9.41. The van der Waals surface area contributed by atoms with Gasteiger partial charge in [0.05, 0.1) is 28.7 Å². The van der Waals surface area contributed by atoms with Gasteiger partial charge in [0, 0.05) is 36.4 Å². The van der Waals surface area contributed by atoms with Crippen LogP contribution in [-0.2, 0) is 6.42 Å². The molecule has 30 heavy (non-hydrogen) atoms. The predicted molar refractivity (Wildman–Crippen MR) is 115 cm³/mol. The first-order chi connectivity index (χ1) is 14.5. The van der Waals surface area contributed by atoms with Gasteiger partial charge in [-0.3, -0.25) is 4.79 Å². The second-order valence-corrected chi connectivity index (χ2v) is 8.39. The van der Waals surface area contributed by atoms with Crippen molar-refractivity contribution in [2.24, 2.45) is 5.92 Å². The van der Waals surface area contributed by atoms with E-state index >= 15 is 0 Å². The second-order valence-electron chi connectivity index (χ2n) is 7.52. The number of aryl methyl sites for hydroxylation is 1. The van der Waals surface area contributed by atoms with Gasteiger partial charge in [-0.1, -0.05) is 30.1 Å². The fourth-order valence-corrected chi connectivity index (χ4v) is 4.30. The van der Waals surface area contributed by atoms with Gasteiger partial charge < -0.3 is 4.90 Å². The molecule has 1 aliphatic rings. The standard InChI is InChI=1S/C21H22Cl2N6O/c1-14-3-2-10-28(18(14)6-7-20-24-12-16(23)13-25-20)21(30)17-5-4-15(22)11-19(17)29-26-8-9-27-29/h4-5,8-9,11-14,18H,2-3,6-7,10H2,1H3/t14-,18-/m1/s1. The number of likely N-dealkylation sites (tertiary alicyclic amines) is 1. The summed E-state index contributed by atoms with van der Waals surface area (Å²) in [4.78, 5) is 25.6. The van der Waals surface area contributed by atoms with Crippen molar-refractivity contribution >= 4 is 29.1 Å². The lowest BCUT2D eigenvalue weighted by Crippen LogP contribution is -2.48. The molecular weight excluding hydrogens is 423 g/mol. The van der Waals surface area contributed by atoms with E-state index in [9.17, 15) is 4.79 Å². The van der Waals surface area contributed by atoms with Gasteiger partial charge in [-0.05, 0) is 43.4 Å². The highest BCUT2D eigenvalue weighted by atomic mass is 35.5. The van der Waals surface area contributed by atoms with E-state index in [2.05, 4.69) is 27.1 Å². The molecule has 2 atom stereocenters. The number of carbonyl (C=O) groups excluding carboxylic acids is 1. The normalized spacial score (nSPS) is 19.1. The van der Waals surface area contributed by atoms with Crippen molar-refractivity contribution in [1.29, 1.82) is 0 Å². The van der Waals surface area contributed by atoms with Crippen LogP contribution in [0.3, 0.4) is 0 Å². The number of nitrogens with zero attached hydrogens (tertiary/aromatic N) is 6. The lowest BCUT2D eigenvalue weighted by Gasteiger charge is -2.40. The summed E-state index contributed by atoms with van der Waals surface area (Å²) in [7, 11) is 0. The molecule has 3 aromatic rings. The van der Waals surface area contributed by atoms with Crippen LogP contribution in [0.2, 0.25) is 10.0 Å². The number of aromatic nitrogens is 5. The maximum Gasteiger partial charge on any atom is 0.256 e. The van der Waals surface area contributed by atoms with E-state index < -0.39 is 0 Å². The summed E-state index contributed by atoms with van der Waals surface area (Å²) in [6.45, 7) is 2.91. The molecule has 0 spiro atoms. The zero-order valence-electron chi connectivity index (χ0n) is 16.6. The Morgan fingerprint density at radius 3 is 2.60 bits per heavy atom. The van der Waals surface area contributed by atoms with E-state index in [0.29, 0.717) is 40.2 Å². The molecule has 2 aromatic heterocycles. The van der Waals surface area contributed by atoms with Crippen LogP contribution in [0.25, 0.3) is 5.69 Å². The minimum Gasteiger partial charge on any atom is -0.335 e. The summed E-state index contributed by atoms with van der Waals surface area (Å²) in [6, 6.07) is 5.30. The molecule has 1 aliphatic heterocycles. The van der Waals surface area contributed by atoms with Crippen LogP contribution in [0.15, 0.2) is 43.0 Å². The van der Waals surface area contributed by atoms with Gasteiger partial charge in [0.2, 0.25) is 0 Å². The molecule has 1 saturated heterocycles. The monoisotopic (exact) mass is 444 g/mol. The van der Waals surface area contributed by atoms with Crippen molar-refractivity contribution < 1.29 is 4.79 Å². The number of amides is 1. The predicted octanol–water partition coefficient (Wildman–Crippen LogP) is 4.24. The molecule has 1 aromatic carbocycles. The Morgan fingerprint density at radius 1 is 1.13 bits per heavy atom. The van der Waals surface area contributed by atoms with Gasteiger partial charge in [-0.15, -0.1) is 0 Å². The molecule has 1 amide bonds. The first-order valence-electron chi connectivity index (χ1n) is 9.96. The number of halogens is 2. The van der Waals surface area contributed by atoms with Crippen molar-refractivity contribution in [3.05, 3.63) is 64.4 Å². The molecule has 0 bridgehead atoms. The zero-order valence-corrected chi connectivity index (χ0v) is 18.1. The van der Waals surface area contributed by atoms with Crippen molar-refractivity contribution in [2.75, 3.05) is 6.54 Å². The third kappa shape index (κ3) is 4.47. The molecule has 0 aliphatic carbocycles. The maximum absolute atomic E-state index is 13.6. The third-order valence-corrected chi connectivity index (χ3v) is 5.97. The van der Waals surface area contributed by atoms with Gasteiger partial charge >= 0.3 is 0 Å². The van der Waals surface area contributed by atoms with Crippen molar-refractivity contribution in [1.82, 2.24) is 29.9 Å². The van der Waals surface area contributed by atoms with E-state index in [4.69, 9.17) is 23.2 Å². The maximum atomic E-state index is 13.6. The van der Waals surface area contributed by atoms with E-state index in [1.165, 1.54) is 4.80 Å². The molecule has 156 valence electrons. The molecule has 9 heteroatoms. The van der Waals surface area contributed by atoms with E-state index in [-0.39, 0.29) is 11.9 Å². The molecule has 0 radical (unpaired) electrons. The number of benzene rings is 1. The molecule has 0 unspecified atom stereocenters. The fourth-order valence-electron chi connectivity index (χ4n) is 4.03. The molecule has 7 nitrogen and oxygen atoms in total. The van der Waals surface area contributed by atoms with Gasteiger partial charge in [-0.2, -0.15) is 15.0 Å². The number of piperidine rings is 1. The molecule has 3 heterocycles. The summed E-state index contributed by atoms with van der Waals surface area (Å²) in [5.41, 5.74) is 1.12. The average Bonchev–Trinajstić information content (AvgIpc) is 3.28. The highest BCUT2D eigenvalue weighted by Gasteiger charge is 2.33. The summed E-state index contributed by atoms with van der Waals surface area (Å²) < 4.78 is 0. The second kappa shape index (κ2) is 9.10. The zero-order chi connectivity index (χ0) is 21.1. The minimum absolute atomic E-state index is 0.0347. The Balaban J connectivity index is 1.59. The summed E-state index contributed by atoms with van der Waals surface area (Å²) >= 11 is 12.1. The highest BCUT2D eigenvalue weighted by Crippen LogP contribution is 2.30. The Kier molecular flexibility index (Phi) is 6.29. The van der Waals surface area contributed by atoms with Crippen LogP contribution < -0.4 is 0 Å². The first kappa shape index (κ1) is 20.8. The smallest absolute Gasteiger partial charge is 0.256 e. The van der Waals surface area contributed by atoms with Crippen LogP contribution in [0.1, 0.15) is 42.4 Å². The van der Waals surface area contributed by atoms with Gasteiger partial charge in [0.1, 0.15) is 5.82 Å². The number of hydrogen-bond acceptors (Lipinski definition) is 5. The van der Waals surface area contributed by atoms with Crippen molar-refractivity contribution in [3.63, 3.8) is 0 Å². The van der Waals surface area contributed by atoms with Crippen LogP contribution in [0.4, 0.5) is 0 Å². The average molecular weight is 445 g/mol. The lowest BCUT2D eigenvalue weighted by molar-refractivity contribution is 0.0498. The summed E-state index contributed by atoms with van der Waals surface area (Å²) in [5.74, 6) is 1.08. The number of hydrogen-bond donors (Lipinski definition) is 0. The Morgan fingerprint density at radius 2 is 1.87 bits per heavy atom. The van der Waals surface area contributed by atoms with Crippen LogP contribution >= 0.6 is 23.2 Å². The fraction of sp³-hybridized carbons (Fsp3) is 0.381. The molecular formula is C21H22Cl2N6O. The van der Waals surface area contributed by atoms with Gasteiger partial charge in [-0.25, -0.2) is 9.97 Å². The molecule has 0 N–H and O–H groups in total. The van der Waals surface area contributed by atoms with Crippen molar-refractivity contribution in [2.45, 2.75) is 38.6 Å². The first-order valence-corrected chi connectivity index (χ1v) is 10.7. The quantitative estimate of drug-likeness (QED) is 0.587. The topological polar surface area (TPSA) is 76.8 Å². The Hall–Kier alpha value is -2.51. The number of rotatable bonds is 5. The van der Waals surface area contributed by atoms with E-state index in [0.717, 1.165) is 25.1 Å². The van der Waals surface area contributed by atoms with E-state index in [1.807, 2.05) is 4.90 Å². The van der Waals surface area contributed by atoms with Crippen LogP contribution in [-0.4, -0.2) is 48.4 Å². The lowest BCUT2D eigenvalue weighted by atomic mass is 9.87. The highest BCUT2D eigenvalue weighted by molar-refractivity contribution is 6.31. The van der Waals surface area contributed by atoms with Crippen LogP contribution in [0.5, 0.6) is 0 Å². The third-order valence-electron chi connectivity index (χ3n) is 5.54. The van der Waals surface area contributed by atoms with Crippen molar-refractivity contribution in [3.8, 4) is 5.69 Å². The number of carbonyl (C=O) groups is 1. The SMILES string of the molecule is C[C@@H]1CCCN(C(=O)c2ccc(Cl)cc2-n2nccn2)[C@@H]1CCc1ncc(Cl)cn1.